The quantitative estimate of drug-likeness (QED) is 0.426. The van der Waals surface area contributed by atoms with E-state index in [4.69, 9.17) is 28.6 Å². The van der Waals surface area contributed by atoms with Gasteiger partial charge in [-0.2, -0.15) is 0 Å². The van der Waals surface area contributed by atoms with Crippen molar-refractivity contribution in [1.29, 1.82) is 0 Å². The minimum absolute atomic E-state index is 0.0508. The van der Waals surface area contributed by atoms with Gasteiger partial charge < -0.3 is 10.1 Å². The van der Waals surface area contributed by atoms with Crippen molar-refractivity contribution in [1.82, 2.24) is 19.1 Å². The first-order valence-corrected chi connectivity index (χ1v) is 10.3. The molecule has 0 saturated carbocycles. The molecule has 2 aromatic heterocycles. The Morgan fingerprint density at radius 3 is 2.55 bits per heavy atom. The molecule has 0 aliphatic rings. The number of carbonyl (C=O) groups is 1. The second-order valence-corrected chi connectivity index (χ2v) is 7.70. The van der Waals surface area contributed by atoms with Crippen LogP contribution in [-0.4, -0.2) is 32.1 Å². The Morgan fingerprint density at radius 1 is 1.16 bits per heavy atom. The average Bonchev–Trinajstić information content (AvgIpc) is 3.37. The summed E-state index contributed by atoms with van der Waals surface area (Å²) in [4.78, 5) is 12.8. The van der Waals surface area contributed by atoms with Crippen molar-refractivity contribution in [2.24, 2.45) is 0 Å². The highest BCUT2D eigenvalue weighted by molar-refractivity contribution is 7.71. The van der Waals surface area contributed by atoms with Crippen molar-refractivity contribution in [2.45, 2.75) is 13.5 Å². The van der Waals surface area contributed by atoms with Gasteiger partial charge in [0.05, 0.1) is 12.8 Å². The van der Waals surface area contributed by atoms with Gasteiger partial charge in [-0.15, -0.1) is 5.10 Å². The molecule has 4 aromatic rings. The first kappa shape index (κ1) is 20.9. The highest BCUT2D eigenvalue weighted by Gasteiger charge is 2.17. The van der Waals surface area contributed by atoms with Crippen molar-refractivity contribution in [3.63, 3.8) is 0 Å². The minimum Gasteiger partial charge on any atom is -0.495 e. The largest absolute Gasteiger partial charge is 0.495 e. The smallest absolute Gasteiger partial charge is 0.246 e. The summed E-state index contributed by atoms with van der Waals surface area (Å²) >= 11 is 11.7. The molecular weight excluding hydrogens is 434 g/mol. The van der Waals surface area contributed by atoms with Gasteiger partial charge in [0.2, 0.25) is 10.7 Å². The molecular formula is C22H20ClN5O2S. The molecule has 0 atom stereocenters. The molecule has 1 amide bonds. The van der Waals surface area contributed by atoms with Crippen molar-refractivity contribution < 1.29 is 9.53 Å². The number of halogens is 1. The highest BCUT2D eigenvalue weighted by atomic mass is 35.5. The third-order valence-corrected chi connectivity index (χ3v) is 5.30. The number of nitrogens with one attached hydrogen (secondary N) is 1. The maximum absolute atomic E-state index is 12.8. The van der Waals surface area contributed by atoms with Crippen molar-refractivity contribution >= 4 is 35.4 Å². The number of methoxy groups -OCH3 is 1. The molecule has 31 heavy (non-hydrogen) atoms. The molecule has 0 unspecified atom stereocenters. The lowest BCUT2D eigenvalue weighted by atomic mass is 10.2. The van der Waals surface area contributed by atoms with Gasteiger partial charge in [0.1, 0.15) is 12.3 Å². The lowest BCUT2D eigenvalue weighted by Gasteiger charge is -2.11. The predicted molar refractivity (Wildman–Crippen MR) is 123 cm³/mol. The molecule has 0 spiro atoms. The number of hydrogen-bond acceptors (Lipinski definition) is 4. The van der Waals surface area contributed by atoms with Crippen LogP contribution >= 0.6 is 23.8 Å². The van der Waals surface area contributed by atoms with Gasteiger partial charge in [-0.05, 0) is 73.2 Å². The van der Waals surface area contributed by atoms with Crippen molar-refractivity contribution in [3.05, 3.63) is 82.3 Å². The monoisotopic (exact) mass is 453 g/mol. The number of anilines is 1. The van der Waals surface area contributed by atoms with E-state index < -0.39 is 0 Å². The number of hydrogen-bond donors (Lipinski definition) is 1. The third kappa shape index (κ3) is 4.40. The topological polar surface area (TPSA) is 66.0 Å². The Bertz CT molecular complexity index is 1280. The molecule has 0 saturated heterocycles. The van der Waals surface area contributed by atoms with Crippen LogP contribution in [0.5, 0.6) is 5.75 Å². The fourth-order valence-electron chi connectivity index (χ4n) is 3.19. The first-order valence-electron chi connectivity index (χ1n) is 9.50. The number of amides is 1. The summed E-state index contributed by atoms with van der Waals surface area (Å²) in [5, 5.41) is 8.14. The molecule has 0 bridgehead atoms. The lowest BCUT2D eigenvalue weighted by Crippen LogP contribution is -2.20. The number of aryl methyl sites for hydroxylation is 1. The molecule has 1 N–H and O–H groups in total. The first-order chi connectivity index (χ1) is 15.0. The third-order valence-electron chi connectivity index (χ3n) is 4.66. The van der Waals surface area contributed by atoms with E-state index in [0.717, 1.165) is 11.1 Å². The Morgan fingerprint density at radius 2 is 1.87 bits per heavy atom. The molecule has 9 heteroatoms. The zero-order valence-electron chi connectivity index (χ0n) is 16.9. The van der Waals surface area contributed by atoms with E-state index in [0.29, 0.717) is 27.1 Å². The van der Waals surface area contributed by atoms with E-state index in [1.54, 1.807) is 23.9 Å². The van der Waals surface area contributed by atoms with Gasteiger partial charge in [0.25, 0.3) is 0 Å². The second-order valence-electron chi connectivity index (χ2n) is 6.90. The van der Waals surface area contributed by atoms with Gasteiger partial charge >= 0.3 is 0 Å². The van der Waals surface area contributed by atoms with Crippen LogP contribution in [0.2, 0.25) is 5.02 Å². The van der Waals surface area contributed by atoms with Gasteiger partial charge in [-0.3, -0.25) is 9.47 Å². The summed E-state index contributed by atoms with van der Waals surface area (Å²) in [6.07, 6.45) is 3.72. The minimum atomic E-state index is -0.264. The Balaban J connectivity index is 1.69. The summed E-state index contributed by atoms with van der Waals surface area (Å²) in [5.41, 5.74) is 2.43. The lowest BCUT2D eigenvalue weighted by molar-refractivity contribution is -0.116. The molecule has 4 rings (SSSR count). The molecule has 2 aromatic carbocycles. The summed E-state index contributed by atoms with van der Waals surface area (Å²) < 4.78 is 10.8. The van der Waals surface area contributed by atoms with E-state index in [-0.39, 0.29) is 12.5 Å². The molecule has 0 aliphatic heterocycles. The standard InChI is InChI=1S/C22H20ClN5O2S/c1-15-5-10-19(30-2)18(13-15)24-20(29)14-27-22(31)28(26-11-3-4-12-26)21(25-27)16-6-8-17(23)9-7-16/h3-13H,14H2,1-2H3,(H,24,29). The van der Waals surface area contributed by atoms with Gasteiger partial charge in [-0.1, -0.05) is 17.7 Å². The van der Waals surface area contributed by atoms with E-state index >= 15 is 0 Å². The van der Waals surface area contributed by atoms with Crippen LogP contribution in [0.25, 0.3) is 11.4 Å². The summed E-state index contributed by atoms with van der Waals surface area (Å²) in [6, 6.07) is 16.7. The van der Waals surface area contributed by atoms with E-state index in [2.05, 4.69) is 10.4 Å². The molecule has 0 aliphatic carbocycles. The number of aromatic nitrogens is 4. The number of rotatable bonds is 6. The van der Waals surface area contributed by atoms with Crippen LogP contribution in [0.1, 0.15) is 5.56 Å². The molecule has 2 heterocycles. The van der Waals surface area contributed by atoms with Crippen LogP contribution in [0.3, 0.4) is 0 Å². The van der Waals surface area contributed by atoms with Crippen LogP contribution in [0.15, 0.2) is 67.0 Å². The van der Waals surface area contributed by atoms with E-state index in [9.17, 15) is 4.79 Å². The Hall–Kier alpha value is -3.36. The fourth-order valence-corrected chi connectivity index (χ4v) is 3.61. The SMILES string of the molecule is COc1ccc(C)cc1NC(=O)Cn1nc(-c2ccc(Cl)cc2)n(-n2cccc2)c1=S. The second kappa shape index (κ2) is 8.79. The Labute approximate surface area is 189 Å². The maximum Gasteiger partial charge on any atom is 0.246 e. The molecule has 7 nitrogen and oxygen atoms in total. The van der Waals surface area contributed by atoms with Gasteiger partial charge in [-0.25, -0.2) is 9.36 Å². The van der Waals surface area contributed by atoms with Crippen molar-refractivity contribution in [3.8, 4) is 17.1 Å². The van der Waals surface area contributed by atoms with Gasteiger partial charge in [0, 0.05) is 23.0 Å². The summed E-state index contributed by atoms with van der Waals surface area (Å²) in [7, 11) is 1.56. The normalized spacial score (nSPS) is 10.8. The van der Waals surface area contributed by atoms with Crippen LogP contribution in [0, 0.1) is 11.7 Å². The average molecular weight is 454 g/mol. The summed E-state index contributed by atoms with van der Waals surface area (Å²) in [5.74, 6) is 0.917. The van der Waals surface area contributed by atoms with E-state index in [1.807, 2.05) is 66.5 Å². The van der Waals surface area contributed by atoms with Crippen LogP contribution in [-0.2, 0) is 11.3 Å². The number of carbonyl (C=O) groups excluding carboxylic acids is 1. The predicted octanol–water partition coefficient (Wildman–Crippen LogP) is 4.80. The van der Waals surface area contributed by atoms with E-state index in [1.165, 1.54) is 4.68 Å². The molecule has 158 valence electrons. The van der Waals surface area contributed by atoms with Crippen LogP contribution < -0.4 is 10.1 Å². The molecule has 0 radical (unpaired) electrons. The molecule has 0 fully saturated rings. The highest BCUT2D eigenvalue weighted by Crippen LogP contribution is 2.25. The number of ether oxygens (including phenoxy) is 1. The van der Waals surface area contributed by atoms with Gasteiger partial charge in [0.15, 0.2) is 5.82 Å². The van der Waals surface area contributed by atoms with Crippen LogP contribution in [0.4, 0.5) is 5.69 Å². The number of benzene rings is 2. The zero-order chi connectivity index (χ0) is 22.0. The number of nitrogens with zero attached hydrogens (tertiary/aromatic N) is 4. The Kier molecular flexibility index (Phi) is 5.92. The maximum atomic E-state index is 12.8. The summed E-state index contributed by atoms with van der Waals surface area (Å²) in [6.45, 7) is 1.90. The fraction of sp³-hybridized carbons (Fsp3) is 0.136. The zero-order valence-corrected chi connectivity index (χ0v) is 18.5. The van der Waals surface area contributed by atoms with Crippen molar-refractivity contribution in [2.75, 3.05) is 12.4 Å².